The lowest BCUT2D eigenvalue weighted by Crippen LogP contribution is -2.39. The van der Waals surface area contributed by atoms with Crippen LogP contribution < -0.4 is 0 Å². The standard InChI is InChI=1S/C20H20ClN3O3S/c1-14-4-6-15(7-5-14)19-22-20(27-23-19)16-3-2-12-24(13-16)28(25,26)18-10-8-17(21)9-11-18/h4-11,16H,2-3,12-13H2,1H3/t16-/m0/s1. The molecule has 1 aromatic heterocycles. The summed E-state index contributed by atoms with van der Waals surface area (Å²) in [5, 5.41) is 4.58. The third kappa shape index (κ3) is 3.83. The summed E-state index contributed by atoms with van der Waals surface area (Å²) in [4.78, 5) is 4.76. The molecule has 0 N–H and O–H groups in total. The zero-order valence-electron chi connectivity index (χ0n) is 15.4. The van der Waals surface area contributed by atoms with Crippen LogP contribution in [0.3, 0.4) is 0 Å². The van der Waals surface area contributed by atoms with Crippen LogP contribution in [-0.2, 0) is 10.0 Å². The molecule has 8 heteroatoms. The number of halogens is 1. The van der Waals surface area contributed by atoms with Gasteiger partial charge < -0.3 is 4.52 Å². The molecule has 0 bridgehead atoms. The quantitative estimate of drug-likeness (QED) is 0.633. The summed E-state index contributed by atoms with van der Waals surface area (Å²) in [5.41, 5.74) is 2.03. The zero-order valence-corrected chi connectivity index (χ0v) is 16.9. The van der Waals surface area contributed by atoms with E-state index in [0.717, 1.165) is 24.0 Å². The summed E-state index contributed by atoms with van der Waals surface area (Å²) in [7, 11) is -3.58. The maximum Gasteiger partial charge on any atom is 0.243 e. The Morgan fingerprint density at radius 3 is 2.54 bits per heavy atom. The summed E-state index contributed by atoms with van der Waals surface area (Å²) >= 11 is 5.88. The Kier molecular flexibility index (Phi) is 5.23. The molecular weight excluding hydrogens is 398 g/mol. The number of rotatable bonds is 4. The highest BCUT2D eigenvalue weighted by Crippen LogP contribution is 2.31. The second kappa shape index (κ2) is 7.66. The second-order valence-electron chi connectivity index (χ2n) is 6.98. The van der Waals surface area contributed by atoms with Gasteiger partial charge in [-0.25, -0.2) is 8.42 Å². The summed E-state index contributed by atoms with van der Waals surface area (Å²) in [6, 6.07) is 14.1. The molecule has 2 heterocycles. The predicted molar refractivity (Wildman–Crippen MR) is 107 cm³/mol. The largest absolute Gasteiger partial charge is 0.339 e. The minimum absolute atomic E-state index is 0.123. The van der Waals surface area contributed by atoms with Crippen molar-refractivity contribution in [2.45, 2.75) is 30.6 Å². The molecule has 4 rings (SSSR count). The number of piperidine rings is 1. The molecule has 3 aromatic rings. The third-order valence-corrected chi connectivity index (χ3v) is 7.07. The fraction of sp³-hybridized carbons (Fsp3) is 0.300. The Morgan fingerprint density at radius 1 is 1.11 bits per heavy atom. The van der Waals surface area contributed by atoms with E-state index in [9.17, 15) is 8.42 Å². The van der Waals surface area contributed by atoms with Crippen molar-refractivity contribution in [3.63, 3.8) is 0 Å². The van der Waals surface area contributed by atoms with Gasteiger partial charge in [-0.3, -0.25) is 0 Å². The van der Waals surface area contributed by atoms with Gasteiger partial charge in [-0.15, -0.1) is 0 Å². The van der Waals surface area contributed by atoms with E-state index >= 15 is 0 Å². The maximum atomic E-state index is 13.0. The molecule has 2 aromatic carbocycles. The van der Waals surface area contributed by atoms with Crippen molar-refractivity contribution < 1.29 is 12.9 Å². The summed E-state index contributed by atoms with van der Waals surface area (Å²) in [6.07, 6.45) is 1.54. The average molecular weight is 418 g/mol. The fourth-order valence-electron chi connectivity index (χ4n) is 3.34. The zero-order chi connectivity index (χ0) is 19.7. The van der Waals surface area contributed by atoms with Crippen LogP contribution >= 0.6 is 11.6 Å². The average Bonchev–Trinajstić information content (AvgIpc) is 3.19. The molecule has 0 unspecified atom stereocenters. The van der Waals surface area contributed by atoms with E-state index in [0.29, 0.717) is 29.8 Å². The first-order valence-electron chi connectivity index (χ1n) is 9.10. The first-order chi connectivity index (χ1) is 13.4. The van der Waals surface area contributed by atoms with Gasteiger partial charge in [-0.1, -0.05) is 46.6 Å². The van der Waals surface area contributed by atoms with Crippen LogP contribution in [0.5, 0.6) is 0 Å². The first kappa shape index (κ1) is 19.1. The van der Waals surface area contributed by atoms with Crippen LogP contribution in [0.25, 0.3) is 11.4 Å². The Morgan fingerprint density at radius 2 is 1.82 bits per heavy atom. The SMILES string of the molecule is Cc1ccc(-c2noc([C@H]3CCCN(S(=O)(=O)c4ccc(Cl)cc4)C3)n2)cc1. The third-order valence-electron chi connectivity index (χ3n) is 4.94. The van der Waals surface area contributed by atoms with Crippen molar-refractivity contribution in [3.8, 4) is 11.4 Å². The molecule has 6 nitrogen and oxygen atoms in total. The van der Waals surface area contributed by atoms with Gasteiger partial charge in [0.2, 0.25) is 21.7 Å². The number of aryl methyl sites for hydroxylation is 1. The Labute approximate surface area is 169 Å². The maximum absolute atomic E-state index is 13.0. The van der Waals surface area contributed by atoms with E-state index in [2.05, 4.69) is 10.1 Å². The Hall–Kier alpha value is -2.22. The van der Waals surface area contributed by atoms with Crippen molar-refractivity contribution >= 4 is 21.6 Å². The topological polar surface area (TPSA) is 76.3 Å². The highest BCUT2D eigenvalue weighted by atomic mass is 35.5. The molecule has 1 aliphatic rings. The molecule has 0 amide bonds. The van der Waals surface area contributed by atoms with E-state index in [-0.39, 0.29) is 10.8 Å². The lowest BCUT2D eigenvalue weighted by atomic mass is 10.00. The van der Waals surface area contributed by atoms with E-state index in [4.69, 9.17) is 16.1 Å². The van der Waals surface area contributed by atoms with Gasteiger partial charge in [0, 0.05) is 23.7 Å². The normalized spacial score (nSPS) is 18.3. The second-order valence-corrected chi connectivity index (χ2v) is 9.35. The van der Waals surface area contributed by atoms with Gasteiger partial charge in [-0.05, 0) is 44.0 Å². The van der Waals surface area contributed by atoms with E-state index in [1.807, 2.05) is 31.2 Å². The smallest absolute Gasteiger partial charge is 0.243 e. The van der Waals surface area contributed by atoms with Crippen LogP contribution in [0.2, 0.25) is 5.02 Å². The summed E-state index contributed by atoms with van der Waals surface area (Å²) in [5.74, 6) is 0.877. The summed E-state index contributed by atoms with van der Waals surface area (Å²) in [6.45, 7) is 2.81. The van der Waals surface area contributed by atoms with Crippen molar-refractivity contribution in [2.75, 3.05) is 13.1 Å². The molecule has 1 fully saturated rings. The monoisotopic (exact) mass is 417 g/mol. The number of hydrogen-bond acceptors (Lipinski definition) is 5. The van der Waals surface area contributed by atoms with E-state index in [1.165, 1.54) is 16.4 Å². The minimum atomic E-state index is -3.58. The fourth-order valence-corrected chi connectivity index (χ4v) is 4.99. The first-order valence-corrected chi connectivity index (χ1v) is 10.9. The Balaban J connectivity index is 1.54. The van der Waals surface area contributed by atoms with Crippen LogP contribution in [0.1, 0.15) is 30.2 Å². The lowest BCUT2D eigenvalue weighted by Gasteiger charge is -2.30. The molecule has 0 saturated carbocycles. The van der Waals surface area contributed by atoms with Crippen molar-refractivity contribution in [1.29, 1.82) is 0 Å². The van der Waals surface area contributed by atoms with Gasteiger partial charge in [0.15, 0.2) is 0 Å². The Bertz CT molecular complexity index is 1060. The predicted octanol–water partition coefficient (Wildman–Crippen LogP) is 4.27. The molecule has 0 radical (unpaired) electrons. The molecular formula is C20H20ClN3O3S. The number of aromatic nitrogens is 2. The number of sulfonamides is 1. The van der Waals surface area contributed by atoms with Gasteiger partial charge >= 0.3 is 0 Å². The highest BCUT2D eigenvalue weighted by Gasteiger charge is 2.33. The molecule has 1 saturated heterocycles. The lowest BCUT2D eigenvalue weighted by molar-refractivity contribution is 0.265. The van der Waals surface area contributed by atoms with Gasteiger partial charge in [-0.2, -0.15) is 9.29 Å². The molecule has 28 heavy (non-hydrogen) atoms. The molecule has 0 spiro atoms. The van der Waals surface area contributed by atoms with Crippen molar-refractivity contribution in [3.05, 3.63) is 65.0 Å². The van der Waals surface area contributed by atoms with Crippen molar-refractivity contribution in [2.24, 2.45) is 0 Å². The number of nitrogens with zero attached hydrogens (tertiary/aromatic N) is 3. The number of hydrogen-bond donors (Lipinski definition) is 0. The summed E-state index contributed by atoms with van der Waals surface area (Å²) < 4.78 is 32.9. The molecule has 1 aliphatic heterocycles. The molecule has 146 valence electrons. The minimum Gasteiger partial charge on any atom is -0.339 e. The number of benzene rings is 2. The van der Waals surface area contributed by atoms with E-state index in [1.54, 1.807) is 12.1 Å². The van der Waals surface area contributed by atoms with Gasteiger partial charge in [0.05, 0.1) is 10.8 Å². The van der Waals surface area contributed by atoms with Gasteiger partial charge in [0.25, 0.3) is 0 Å². The van der Waals surface area contributed by atoms with Gasteiger partial charge in [0.1, 0.15) is 0 Å². The van der Waals surface area contributed by atoms with E-state index < -0.39 is 10.0 Å². The highest BCUT2D eigenvalue weighted by molar-refractivity contribution is 7.89. The van der Waals surface area contributed by atoms with Crippen LogP contribution in [0.15, 0.2) is 57.9 Å². The molecule has 0 aliphatic carbocycles. The van der Waals surface area contributed by atoms with Crippen LogP contribution in [0.4, 0.5) is 0 Å². The van der Waals surface area contributed by atoms with Crippen LogP contribution in [-0.4, -0.2) is 36.0 Å². The van der Waals surface area contributed by atoms with Crippen molar-refractivity contribution in [1.82, 2.24) is 14.4 Å². The molecule has 1 atom stereocenters. The van der Waals surface area contributed by atoms with Crippen LogP contribution in [0, 0.1) is 6.92 Å².